The number of benzene rings is 1. The monoisotopic (exact) mass is 216 g/mol. The lowest BCUT2D eigenvalue weighted by Crippen LogP contribution is -2.22. The second-order valence-electron chi connectivity index (χ2n) is 3.96. The zero-order valence-corrected chi connectivity index (χ0v) is 9.65. The minimum atomic E-state index is 0.0850. The Morgan fingerprint density at radius 1 is 1.27 bits per heavy atom. The van der Waals surface area contributed by atoms with Gasteiger partial charge in [0.2, 0.25) is 0 Å². The van der Waals surface area contributed by atoms with Crippen LogP contribution in [0.25, 0.3) is 0 Å². The van der Waals surface area contributed by atoms with Crippen LogP contribution in [-0.4, -0.2) is 10.6 Å². The molecule has 0 spiro atoms. The largest absolute Gasteiger partial charge is 0.289 e. The number of hydrogen-bond donors (Lipinski definition) is 0. The Morgan fingerprint density at radius 2 is 1.93 bits per heavy atom. The van der Waals surface area contributed by atoms with Crippen molar-refractivity contribution in [2.75, 3.05) is 0 Å². The van der Waals surface area contributed by atoms with Gasteiger partial charge in [-0.1, -0.05) is 42.1 Å². The minimum absolute atomic E-state index is 0.0850. The zero-order chi connectivity index (χ0) is 11.0. The summed E-state index contributed by atoms with van der Waals surface area (Å²) >= 11 is 5.28. The predicted molar refractivity (Wildman–Crippen MR) is 65.4 cm³/mol. The van der Waals surface area contributed by atoms with Gasteiger partial charge in [-0.05, 0) is 19.4 Å². The fourth-order valence-electron chi connectivity index (χ4n) is 1.92. The van der Waals surface area contributed by atoms with E-state index in [0.717, 1.165) is 33.6 Å². The third kappa shape index (κ3) is 1.65. The first kappa shape index (κ1) is 10.2. The number of Topliss-reactive ketones (excluding diaryl/α,β-unsaturated/α-hetero) is 1. The van der Waals surface area contributed by atoms with E-state index in [1.165, 1.54) is 0 Å². The molecule has 0 radical (unpaired) electrons. The number of carbonyl (C=O) groups is 1. The standard InChI is InChI=1S/C13H12OS/c1-8(2)12-11(15)7-9-5-3-4-6-10(9)13(12)14/h3-6H,7H2,1-2H3. The molecule has 1 nitrogen and oxygen atoms in total. The van der Waals surface area contributed by atoms with E-state index in [1.807, 2.05) is 38.1 Å². The fraction of sp³-hybridized carbons (Fsp3) is 0.231. The summed E-state index contributed by atoms with van der Waals surface area (Å²) < 4.78 is 0. The maximum absolute atomic E-state index is 12.1. The van der Waals surface area contributed by atoms with E-state index in [9.17, 15) is 4.79 Å². The topological polar surface area (TPSA) is 17.1 Å². The van der Waals surface area contributed by atoms with Crippen molar-refractivity contribution in [1.29, 1.82) is 0 Å². The molecule has 2 heteroatoms. The average molecular weight is 216 g/mol. The van der Waals surface area contributed by atoms with E-state index in [4.69, 9.17) is 12.2 Å². The second kappa shape index (κ2) is 3.70. The van der Waals surface area contributed by atoms with Crippen LogP contribution in [0.4, 0.5) is 0 Å². The molecule has 0 N–H and O–H groups in total. The van der Waals surface area contributed by atoms with Gasteiger partial charge in [0.1, 0.15) is 0 Å². The molecule has 0 aromatic heterocycles. The maximum atomic E-state index is 12.1. The molecular formula is C13H12OS. The fourth-order valence-corrected chi connectivity index (χ4v) is 2.38. The summed E-state index contributed by atoms with van der Waals surface area (Å²) in [4.78, 5) is 12.9. The van der Waals surface area contributed by atoms with Crippen LogP contribution in [0.3, 0.4) is 0 Å². The van der Waals surface area contributed by atoms with Crippen LogP contribution in [0.1, 0.15) is 29.8 Å². The molecule has 0 bridgehead atoms. The van der Waals surface area contributed by atoms with Crippen LogP contribution in [0, 0.1) is 0 Å². The Morgan fingerprint density at radius 3 is 2.60 bits per heavy atom. The summed E-state index contributed by atoms with van der Waals surface area (Å²) in [6, 6.07) is 7.69. The number of thiocarbonyl (C=S) groups is 1. The highest BCUT2D eigenvalue weighted by Crippen LogP contribution is 2.25. The lowest BCUT2D eigenvalue weighted by molar-refractivity contribution is 0.103. The molecule has 0 saturated carbocycles. The molecule has 1 aromatic rings. The Labute approximate surface area is 94.8 Å². The van der Waals surface area contributed by atoms with Gasteiger partial charge >= 0.3 is 0 Å². The van der Waals surface area contributed by atoms with Crippen LogP contribution in [0.15, 0.2) is 35.4 Å². The highest BCUT2D eigenvalue weighted by atomic mass is 32.1. The molecule has 1 aliphatic rings. The predicted octanol–water partition coefficient (Wildman–Crippen LogP) is 3.13. The summed E-state index contributed by atoms with van der Waals surface area (Å²) in [7, 11) is 0. The van der Waals surface area contributed by atoms with Crippen molar-refractivity contribution in [3.05, 3.63) is 46.5 Å². The number of rotatable bonds is 0. The van der Waals surface area contributed by atoms with Crippen LogP contribution in [0.2, 0.25) is 0 Å². The lowest BCUT2D eigenvalue weighted by Gasteiger charge is -2.19. The Hall–Kier alpha value is -1.28. The van der Waals surface area contributed by atoms with Gasteiger partial charge < -0.3 is 0 Å². The third-order valence-electron chi connectivity index (χ3n) is 2.62. The van der Waals surface area contributed by atoms with Crippen molar-refractivity contribution in [1.82, 2.24) is 0 Å². The first-order valence-electron chi connectivity index (χ1n) is 4.94. The molecule has 0 amide bonds. The summed E-state index contributed by atoms with van der Waals surface area (Å²) in [5, 5.41) is 0. The molecule has 0 fully saturated rings. The van der Waals surface area contributed by atoms with Gasteiger partial charge in [-0.3, -0.25) is 4.79 Å². The summed E-state index contributed by atoms with van der Waals surface area (Å²) in [6.07, 6.45) is 0.720. The lowest BCUT2D eigenvalue weighted by atomic mass is 9.85. The van der Waals surface area contributed by atoms with E-state index >= 15 is 0 Å². The molecule has 2 rings (SSSR count). The SMILES string of the molecule is CC(C)=C1C(=O)c2ccccc2CC1=S. The van der Waals surface area contributed by atoms with Crippen molar-refractivity contribution >= 4 is 22.9 Å². The number of allylic oxidation sites excluding steroid dienone is 2. The van der Waals surface area contributed by atoms with E-state index < -0.39 is 0 Å². The number of fused-ring (bicyclic) bond motifs is 1. The van der Waals surface area contributed by atoms with Gasteiger partial charge in [-0.2, -0.15) is 0 Å². The van der Waals surface area contributed by atoms with Gasteiger partial charge in [0.25, 0.3) is 0 Å². The molecule has 1 aromatic carbocycles. The third-order valence-corrected chi connectivity index (χ3v) is 2.97. The Balaban J connectivity index is 2.63. The molecule has 0 heterocycles. The highest BCUT2D eigenvalue weighted by molar-refractivity contribution is 7.81. The molecule has 0 saturated heterocycles. The van der Waals surface area contributed by atoms with Gasteiger partial charge in [0.05, 0.1) is 0 Å². The van der Waals surface area contributed by atoms with Crippen LogP contribution in [0.5, 0.6) is 0 Å². The van der Waals surface area contributed by atoms with Crippen molar-refractivity contribution in [3.8, 4) is 0 Å². The molecule has 0 aliphatic heterocycles. The molecule has 0 atom stereocenters. The summed E-state index contributed by atoms with van der Waals surface area (Å²) in [5.74, 6) is 0.0850. The number of ketones is 1. The van der Waals surface area contributed by atoms with E-state index in [1.54, 1.807) is 0 Å². The van der Waals surface area contributed by atoms with Crippen molar-refractivity contribution in [2.45, 2.75) is 20.3 Å². The zero-order valence-electron chi connectivity index (χ0n) is 8.83. The number of carbonyl (C=O) groups excluding carboxylic acids is 1. The van der Waals surface area contributed by atoms with Gasteiger partial charge in [-0.15, -0.1) is 0 Å². The van der Waals surface area contributed by atoms with Crippen LogP contribution < -0.4 is 0 Å². The van der Waals surface area contributed by atoms with Crippen LogP contribution >= 0.6 is 12.2 Å². The minimum Gasteiger partial charge on any atom is -0.289 e. The van der Waals surface area contributed by atoms with E-state index in [0.29, 0.717) is 0 Å². The normalized spacial score (nSPS) is 15.2. The van der Waals surface area contributed by atoms with Crippen molar-refractivity contribution in [3.63, 3.8) is 0 Å². The molecule has 15 heavy (non-hydrogen) atoms. The van der Waals surface area contributed by atoms with Gasteiger partial charge in [-0.25, -0.2) is 0 Å². The van der Waals surface area contributed by atoms with E-state index in [2.05, 4.69) is 0 Å². The molecular weight excluding hydrogens is 204 g/mol. The second-order valence-corrected chi connectivity index (χ2v) is 4.45. The quantitative estimate of drug-likeness (QED) is 0.489. The van der Waals surface area contributed by atoms with Crippen molar-refractivity contribution in [2.24, 2.45) is 0 Å². The van der Waals surface area contributed by atoms with Gasteiger partial charge in [0, 0.05) is 22.4 Å². The molecule has 0 unspecified atom stereocenters. The van der Waals surface area contributed by atoms with Crippen molar-refractivity contribution < 1.29 is 4.79 Å². The maximum Gasteiger partial charge on any atom is 0.194 e. The molecule has 76 valence electrons. The summed E-state index contributed by atoms with van der Waals surface area (Å²) in [6.45, 7) is 3.88. The van der Waals surface area contributed by atoms with Crippen LogP contribution in [-0.2, 0) is 6.42 Å². The first-order valence-corrected chi connectivity index (χ1v) is 5.35. The summed E-state index contributed by atoms with van der Waals surface area (Å²) in [5.41, 5.74) is 3.61. The Bertz CT molecular complexity index is 479. The average Bonchev–Trinajstić information content (AvgIpc) is 2.17. The highest BCUT2D eigenvalue weighted by Gasteiger charge is 2.25. The van der Waals surface area contributed by atoms with E-state index in [-0.39, 0.29) is 5.78 Å². The smallest absolute Gasteiger partial charge is 0.194 e. The molecule has 1 aliphatic carbocycles. The Kier molecular flexibility index (Phi) is 2.53. The number of hydrogen-bond acceptors (Lipinski definition) is 2. The first-order chi connectivity index (χ1) is 7.11. The van der Waals surface area contributed by atoms with Gasteiger partial charge in [0.15, 0.2) is 5.78 Å².